The summed E-state index contributed by atoms with van der Waals surface area (Å²) in [4.78, 5) is 10.0. The molecule has 1 aromatic heterocycles. The van der Waals surface area contributed by atoms with E-state index in [9.17, 15) is 0 Å². The van der Waals surface area contributed by atoms with Gasteiger partial charge >= 0.3 is 0 Å². The number of aryl methyl sites for hydroxylation is 1. The Hall–Kier alpha value is -0.940. The van der Waals surface area contributed by atoms with E-state index in [1.165, 1.54) is 25.7 Å². The van der Waals surface area contributed by atoms with E-state index in [-0.39, 0.29) is 24.0 Å². The number of hydrogen-bond donors (Lipinski definition) is 1. The van der Waals surface area contributed by atoms with Gasteiger partial charge in [-0.15, -0.1) is 34.2 Å². The van der Waals surface area contributed by atoms with Crippen molar-refractivity contribution in [2.24, 2.45) is 23.9 Å². The topological polar surface area (TPSA) is 70.8 Å². The zero-order valence-electron chi connectivity index (χ0n) is 20.7. The lowest BCUT2D eigenvalue weighted by Crippen LogP contribution is -2.55. The molecule has 9 heteroatoms. The summed E-state index contributed by atoms with van der Waals surface area (Å²) in [6, 6.07) is 0.772. The highest BCUT2D eigenvalue weighted by Crippen LogP contribution is 2.32. The summed E-state index contributed by atoms with van der Waals surface area (Å²) in [6.45, 7) is 13.2. The van der Waals surface area contributed by atoms with Crippen LogP contribution in [0.25, 0.3) is 0 Å². The van der Waals surface area contributed by atoms with Crippen molar-refractivity contribution in [3.63, 3.8) is 0 Å². The number of nitrogens with one attached hydrogen (secondary N) is 1. The molecule has 0 amide bonds. The van der Waals surface area contributed by atoms with Gasteiger partial charge in [0, 0.05) is 59.5 Å². The van der Waals surface area contributed by atoms with Gasteiger partial charge in [-0.25, -0.2) is 4.99 Å². The van der Waals surface area contributed by atoms with Crippen LogP contribution in [0.3, 0.4) is 0 Å². The van der Waals surface area contributed by atoms with Crippen molar-refractivity contribution in [3.8, 4) is 0 Å². The molecule has 0 spiro atoms. The van der Waals surface area contributed by atoms with Gasteiger partial charge in [0.1, 0.15) is 12.4 Å². The summed E-state index contributed by atoms with van der Waals surface area (Å²) in [7, 11) is 3.75. The summed E-state index contributed by atoms with van der Waals surface area (Å²) in [5.74, 6) is 4.56. The highest BCUT2D eigenvalue weighted by atomic mass is 127. The summed E-state index contributed by atoms with van der Waals surface area (Å²) >= 11 is 0. The molecule has 2 heterocycles. The monoisotopic (exact) mass is 561 g/mol. The molecule has 184 valence electrons. The number of aromatic nitrogens is 3. The van der Waals surface area contributed by atoms with E-state index >= 15 is 0 Å². The second-order valence-corrected chi connectivity index (χ2v) is 9.47. The fourth-order valence-electron chi connectivity index (χ4n) is 4.85. The van der Waals surface area contributed by atoms with Gasteiger partial charge in [-0.1, -0.05) is 13.8 Å². The van der Waals surface area contributed by atoms with Crippen LogP contribution >= 0.6 is 24.0 Å². The third-order valence-corrected chi connectivity index (χ3v) is 7.18. The highest BCUT2D eigenvalue weighted by Gasteiger charge is 2.30. The number of aliphatic imine (C=N–C) groups is 1. The molecule has 1 saturated carbocycles. The quantitative estimate of drug-likeness (QED) is 0.228. The van der Waals surface area contributed by atoms with Crippen LogP contribution in [0.2, 0.25) is 0 Å². The molecule has 1 aromatic rings. The lowest BCUT2D eigenvalue weighted by Gasteiger charge is -2.43. The molecule has 1 N–H and O–H groups in total. The van der Waals surface area contributed by atoms with Gasteiger partial charge in [-0.3, -0.25) is 4.90 Å². The standard InChI is InChI=1S/C23H43N7O.HI/c1-18(2)20-7-9-21(10-8-20)29-12-14-30(15-13-29)23(24-11-6-16-31-5)25-17-22-27-26-19(3)28(22)4;/h18,20-21H,6-17H2,1-5H3,(H,24,25);1H. The maximum absolute atomic E-state index is 5.20. The zero-order valence-corrected chi connectivity index (χ0v) is 23.0. The van der Waals surface area contributed by atoms with Crippen LogP contribution in [-0.2, 0) is 18.3 Å². The number of methoxy groups -OCH3 is 1. The molecule has 8 nitrogen and oxygen atoms in total. The molecule has 32 heavy (non-hydrogen) atoms. The second kappa shape index (κ2) is 13.7. The van der Waals surface area contributed by atoms with E-state index in [1.54, 1.807) is 7.11 Å². The fraction of sp³-hybridized carbons (Fsp3) is 0.870. The minimum atomic E-state index is 0. The molecule has 2 fully saturated rings. The molecule has 1 aliphatic carbocycles. The van der Waals surface area contributed by atoms with Crippen LogP contribution in [-0.4, -0.2) is 83.0 Å². The van der Waals surface area contributed by atoms with E-state index < -0.39 is 0 Å². The minimum absolute atomic E-state index is 0. The second-order valence-electron chi connectivity index (χ2n) is 9.47. The number of rotatable bonds is 8. The number of nitrogens with zero attached hydrogens (tertiary/aromatic N) is 6. The van der Waals surface area contributed by atoms with Crippen molar-refractivity contribution < 1.29 is 4.74 Å². The van der Waals surface area contributed by atoms with E-state index in [4.69, 9.17) is 9.73 Å². The molecule has 0 radical (unpaired) electrons. The van der Waals surface area contributed by atoms with Crippen molar-refractivity contribution >= 4 is 29.9 Å². The van der Waals surface area contributed by atoms with Gasteiger partial charge in [-0.2, -0.15) is 0 Å². The normalized spacial score (nSPS) is 22.8. The summed E-state index contributed by atoms with van der Waals surface area (Å²) in [6.07, 6.45) is 6.49. The first-order chi connectivity index (χ1) is 15.0. The van der Waals surface area contributed by atoms with Crippen molar-refractivity contribution in [3.05, 3.63) is 11.6 Å². The van der Waals surface area contributed by atoms with Gasteiger partial charge in [0.25, 0.3) is 0 Å². The lowest BCUT2D eigenvalue weighted by molar-refractivity contribution is 0.0863. The molecule has 1 saturated heterocycles. The number of piperazine rings is 1. The van der Waals surface area contributed by atoms with E-state index in [2.05, 4.69) is 39.2 Å². The van der Waals surface area contributed by atoms with Crippen molar-refractivity contribution in [2.45, 2.75) is 65.5 Å². The average molecular weight is 562 g/mol. The maximum atomic E-state index is 5.20. The molecule has 3 rings (SSSR count). The Morgan fingerprint density at radius 1 is 1.12 bits per heavy atom. The Labute approximate surface area is 211 Å². The molecule has 0 aromatic carbocycles. The van der Waals surface area contributed by atoms with Gasteiger partial charge in [-0.05, 0) is 50.9 Å². The Balaban J connectivity index is 0.00000363. The molecule has 2 aliphatic rings. The number of halogens is 1. The van der Waals surface area contributed by atoms with Crippen molar-refractivity contribution in [2.75, 3.05) is 46.4 Å². The van der Waals surface area contributed by atoms with Gasteiger partial charge in [0.2, 0.25) is 0 Å². The molecule has 0 atom stereocenters. The first-order valence-electron chi connectivity index (χ1n) is 12.1. The van der Waals surface area contributed by atoms with E-state index in [0.717, 1.165) is 81.2 Å². The molecular weight excluding hydrogens is 517 g/mol. The lowest BCUT2D eigenvalue weighted by atomic mass is 9.79. The first-order valence-corrected chi connectivity index (χ1v) is 12.1. The maximum Gasteiger partial charge on any atom is 0.194 e. The van der Waals surface area contributed by atoms with Gasteiger partial charge in [0.15, 0.2) is 11.8 Å². The molecule has 1 aliphatic heterocycles. The Bertz CT molecular complexity index is 693. The largest absolute Gasteiger partial charge is 0.385 e. The fourth-order valence-corrected chi connectivity index (χ4v) is 4.85. The predicted octanol–water partition coefficient (Wildman–Crippen LogP) is 3.06. The zero-order chi connectivity index (χ0) is 22.2. The SMILES string of the molecule is COCCCNC(=NCc1nnc(C)n1C)N1CCN(C2CCC(C(C)C)CC2)CC1.I. The van der Waals surface area contributed by atoms with Crippen LogP contribution in [0.15, 0.2) is 4.99 Å². The molecule has 0 unspecified atom stereocenters. The summed E-state index contributed by atoms with van der Waals surface area (Å²) in [5, 5.41) is 12.0. The van der Waals surface area contributed by atoms with Gasteiger partial charge < -0.3 is 19.5 Å². The van der Waals surface area contributed by atoms with Crippen molar-refractivity contribution in [1.82, 2.24) is 29.9 Å². The number of ether oxygens (including phenoxy) is 1. The van der Waals surface area contributed by atoms with E-state index in [1.807, 2.05) is 18.5 Å². The van der Waals surface area contributed by atoms with Crippen LogP contribution in [0.5, 0.6) is 0 Å². The highest BCUT2D eigenvalue weighted by molar-refractivity contribution is 14.0. The summed E-state index contributed by atoms with van der Waals surface area (Å²) in [5.41, 5.74) is 0. The Kier molecular flexibility index (Phi) is 11.7. The number of guanidine groups is 1. The first kappa shape index (κ1) is 27.3. The third kappa shape index (κ3) is 7.55. The van der Waals surface area contributed by atoms with Crippen molar-refractivity contribution in [1.29, 1.82) is 0 Å². The minimum Gasteiger partial charge on any atom is -0.385 e. The third-order valence-electron chi connectivity index (χ3n) is 7.18. The van der Waals surface area contributed by atoms with Crippen LogP contribution < -0.4 is 5.32 Å². The van der Waals surface area contributed by atoms with Crippen LogP contribution in [0.1, 0.15) is 57.6 Å². The molecule has 0 bridgehead atoms. The van der Waals surface area contributed by atoms with Gasteiger partial charge in [0.05, 0.1) is 0 Å². The Morgan fingerprint density at radius 2 is 1.81 bits per heavy atom. The summed E-state index contributed by atoms with van der Waals surface area (Å²) < 4.78 is 7.21. The smallest absolute Gasteiger partial charge is 0.194 e. The van der Waals surface area contributed by atoms with Crippen LogP contribution in [0.4, 0.5) is 0 Å². The van der Waals surface area contributed by atoms with E-state index in [0.29, 0.717) is 6.54 Å². The predicted molar refractivity (Wildman–Crippen MR) is 141 cm³/mol. The Morgan fingerprint density at radius 3 is 2.38 bits per heavy atom. The molecular formula is C23H44IN7O. The average Bonchev–Trinajstić information content (AvgIpc) is 3.11. The van der Waals surface area contributed by atoms with Crippen LogP contribution in [0, 0.1) is 18.8 Å². The number of hydrogen-bond acceptors (Lipinski definition) is 5.